The molecule has 3 rings (SSSR count). The zero-order chi connectivity index (χ0) is 15.4. The van der Waals surface area contributed by atoms with Crippen molar-refractivity contribution in [2.24, 2.45) is 0 Å². The number of hydrogen-bond donors (Lipinski definition) is 0. The molecule has 0 bridgehead atoms. The fraction of sp³-hybridized carbons (Fsp3) is 0.611. The van der Waals surface area contributed by atoms with Gasteiger partial charge in [-0.2, -0.15) is 0 Å². The van der Waals surface area contributed by atoms with Crippen molar-refractivity contribution < 1.29 is 9.53 Å². The van der Waals surface area contributed by atoms with E-state index in [0.717, 1.165) is 52.0 Å². The summed E-state index contributed by atoms with van der Waals surface area (Å²) in [4.78, 5) is 16.2. The monoisotopic (exact) mass is 302 g/mol. The summed E-state index contributed by atoms with van der Waals surface area (Å²) >= 11 is 0. The lowest BCUT2D eigenvalue weighted by Gasteiger charge is -2.46. The minimum atomic E-state index is -0.0901. The number of ether oxygens (including phenoxy) is 1. The molecule has 0 N–H and O–H groups in total. The third kappa shape index (κ3) is 3.50. The molecule has 2 aliphatic rings. The maximum absolute atomic E-state index is 11.8. The highest BCUT2D eigenvalue weighted by molar-refractivity contribution is 5.78. The quantitative estimate of drug-likeness (QED) is 0.852. The van der Waals surface area contributed by atoms with E-state index in [1.807, 2.05) is 11.8 Å². The molecule has 2 aliphatic heterocycles. The number of hydrogen-bond acceptors (Lipinski definition) is 3. The van der Waals surface area contributed by atoms with Crippen LogP contribution in [0.3, 0.4) is 0 Å². The summed E-state index contributed by atoms with van der Waals surface area (Å²) in [6, 6.07) is 10.7. The van der Waals surface area contributed by atoms with Gasteiger partial charge in [0.05, 0.1) is 5.60 Å². The SMILES string of the molecule is CCN1CC2(CCN(CCc3ccccc3)CC2)OCC1=O. The Labute approximate surface area is 133 Å². The lowest BCUT2D eigenvalue weighted by molar-refractivity contribution is -0.171. The van der Waals surface area contributed by atoms with Crippen LogP contribution in [0.5, 0.6) is 0 Å². The van der Waals surface area contributed by atoms with E-state index in [4.69, 9.17) is 4.74 Å². The van der Waals surface area contributed by atoms with Crippen molar-refractivity contribution in [3.8, 4) is 0 Å². The van der Waals surface area contributed by atoms with E-state index in [0.29, 0.717) is 0 Å². The zero-order valence-electron chi connectivity index (χ0n) is 13.5. The Morgan fingerprint density at radius 3 is 2.59 bits per heavy atom. The van der Waals surface area contributed by atoms with Gasteiger partial charge in [0.15, 0.2) is 0 Å². The number of benzene rings is 1. The molecule has 2 heterocycles. The molecule has 0 atom stereocenters. The van der Waals surface area contributed by atoms with Crippen LogP contribution in [0.1, 0.15) is 25.3 Å². The fourth-order valence-corrected chi connectivity index (χ4v) is 3.49. The second-order valence-corrected chi connectivity index (χ2v) is 6.46. The highest BCUT2D eigenvalue weighted by Crippen LogP contribution is 2.30. The van der Waals surface area contributed by atoms with Crippen LogP contribution >= 0.6 is 0 Å². The number of carbonyl (C=O) groups excluding carboxylic acids is 1. The Balaban J connectivity index is 1.49. The summed E-state index contributed by atoms with van der Waals surface area (Å²) in [6.07, 6.45) is 3.17. The summed E-state index contributed by atoms with van der Waals surface area (Å²) in [5, 5.41) is 0. The van der Waals surface area contributed by atoms with E-state index in [1.165, 1.54) is 5.56 Å². The molecular formula is C18H26N2O2. The van der Waals surface area contributed by atoms with Crippen LogP contribution in [0.15, 0.2) is 30.3 Å². The van der Waals surface area contributed by atoms with Gasteiger partial charge in [0.25, 0.3) is 0 Å². The van der Waals surface area contributed by atoms with Crippen LogP contribution in [-0.2, 0) is 16.0 Å². The molecule has 22 heavy (non-hydrogen) atoms. The molecule has 0 radical (unpaired) electrons. The highest BCUT2D eigenvalue weighted by Gasteiger charge is 2.41. The van der Waals surface area contributed by atoms with Gasteiger partial charge in [-0.3, -0.25) is 4.79 Å². The molecule has 2 saturated heterocycles. The van der Waals surface area contributed by atoms with Gasteiger partial charge < -0.3 is 14.5 Å². The lowest BCUT2D eigenvalue weighted by atomic mass is 9.89. The summed E-state index contributed by atoms with van der Waals surface area (Å²) in [5.74, 6) is 0.139. The Hall–Kier alpha value is -1.39. The minimum Gasteiger partial charge on any atom is -0.363 e. The fourth-order valence-electron chi connectivity index (χ4n) is 3.49. The van der Waals surface area contributed by atoms with Crippen LogP contribution in [0, 0.1) is 0 Å². The Morgan fingerprint density at radius 2 is 1.91 bits per heavy atom. The number of amides is 1. The largest absolute Gasteiger partial charge is 0.363 e. The van der Waals surface area contributed by atoms with E-state index < -0.39 is 0 Å². The number of likely N-dealkylation sites (N-methyl/N-ethyl adjacent to an activating group) is 1. The Morgan fingerprint density at radius 1 is 1.18 bits per heavy atom. The van der Waals surface area contributed by atoms with Crippen molar-refractivity contribution in [3.63, 3.8) is 0 Å². The van der Waals surface area contributed by atoms with Crippen molar-refractivity contribution in [3.05, 3.63) is 35.9 Å². The number of nitrogens with zero attached hydrogens (tertiary/aromatic N) is 2. The Kier molecular flexibility index (Phi) is 4.79. The van der Waals surface area contributed by atoms with Crippen molar-refractivity contribution >= 4 is 5.91 Å². The van der Waals surface area contributed by atoms with E-state index in [-0.39, 0.29) is 18.1 Å². The molecule has 1 spiro atoms. The minimum absolute atomic E-state index is 0.0901. The summed E-state index contributed by atoms with van der Waals surface area (Å²) in [7, 11) is 0. The molecule has 4 nitrogen and oxygen atoms in total. The normalized spacial score (nSPS) is 22.2. The van der Waals surface area contributed by atoms with Crippen LogP contribution in [0.4, 0.5) is 0 Å². The predicted octanol–water partition coefficient (Wildman–Crippen LogP) is 1.94. The van der Waals surface area contributed by atoms with Gasteiger partial charge in [0.2, 0.25) is 5.91 Å². The van der Waals surface area contributed by atoms with E-state index in [2.05, 4.69) is 35.2 Å². The molecule has 1 aromatic rings. The highest BCUT2D eigenvalue weighted by atomic mass is 16.5. The van der Waals surface area contributed by atoms with Crippen LogP contribution < -0.4 is 0 Å². The van der Waals surface area contributed by atoms with Crippen molar-refractivity contribution in [1.82, 2.24) is 9.80 Å². The van der Waals surface area contributed by atoms with E-state index in [9.17, 15) is 4.79 Å². The van der Waals surface area contributed by atoms with Crippen molar-refractivity contribution in [2.45, 2.75) is 31.8 Å². The van der Waals surface area contributed by atoms with Gasteiger partial charge in [-0.1, -0.05) is 30.3 Å². The molecule has 0 saturated carbocycles. The molecule has 0 aromatic heterocycles. The molecule has 0 unspecified atom stereocenters. The van der Waals surface area contributed by atoms with Crippen molar-refractivity contribution in [2.75, 3.05) is 39.3 Å². The first-order chi connectivity index (χ1) is 10.7. The second kappa shape index (κ2) is 6.80. The lowest BCUT2D eigenvalue weighted by Crippen LogP contribution is -2.58. The molecule has 0 aliphatic carbocycles. The molecule has 1 aromatic carbocycles. The summed E-state index contributed by atoms with van der Waals surface area (Å²) in [5.41, 5.74) is 1.31. The van der Waals surface area contributed by atoms with E-state index in [1.54, 1.807) is 0 Å². The number of likely N-dealkylation sites (tertiary alicyclic amines) is 1. The average Bonchev–Trinajstić information content (AvgIpc) is 2.58. The van der Waals surface area contributed by atoms with Crippen LogP contribution in [0.25, 0.3) is 0 Å². The number of piperidine rings is 1. The van der Waals surface area contributed by atoms with Gasteiger partial charge in [-0.15, -0.1) is 0 Å². The van der Waals surface area contributed by atoms with Gasteiger partial charge in [-0.25, -0.2) is 0 Å². The molecule has 2 fully saturated rings. The number of morpholine rings is 1. The van der Waals surface area contributed by atoms with Gasteiger partial charge in [0.1, 0.15) is 6.61 Å². The topological polar surface area (TPSA) is 32.8 Å². The molecule has 1 amide bonds. The van der Waals surface area contributed by atoms with Crippen molar-refractivity contribution in [1.29, 1.82) is 0 Å². The summed E-state index contributed by atoms with van der Waals surface area (Å²) in [6.45, 7) is 7.12. The van der Waals surface area contributed by atoms with Crippen LogP contribution in [-0.4, -0.2) is 60.6 Å². The maximum Gasteiger partial charge on any atom is 0.248 e. The first-order valence-corrected chi connectivity index (χ1v) is 8.39. The van der Waals surface area contributed by atoms with Gasteiger partial charge in [-0.05, 0) is 31.7 Å². The predicted molar refractivity (Wildman–Crippen MR) is 86.8 cm³/mol. The molecule has 120 valence electrons. The number of carbonyl (C=O) groups is 1. The second-order valence-electron chi connectivity index (χ2n) is 6.46. The molecule has 4 heteroatoms. The smallest absolute Gasteiger partial charge is 0.248 e. The maximum atomic E-state index is 11.8. The summed E-state index contributed by atoms with van der Waals surface area (Å²) < 4.78 is 5.94. The third-order valence-corrected chi connectivity index (χ3v) is 5.04. The Bertz CT molecular complexity index is 495. The van der Waals surface area contributed by atoms with Gasteiger partial charge >= 0.3 is 0 Å². The average molecular weight is 302 g/mol. The zero-order valence-corrected chi connectivity index (χ0v) is 13.5. The standard InChI is InChI=1S/C18H26N2O2/c1-2-20-15-18(22-14-17(20)21)9-12-19(13-10-18)11-8-16-6-4-3-5-7-16/h3-7H,2,8-15H2,1H3. The first-order valence-electron chi connectivity index (χ1n) is 8.39. The third-order valence-electron chi connectivity index (χ3n) is 5.04. The van der Waals surface area contributed by atoms with Gasteiger partial charge in [0, 0.05) is 32.7 Å². The number of rotatable bonds is 4. The van der Waals surface area contributed by atoms with E-state index >= 15 is 0 Å². The molecular weight excluding hydrogens is 276 g/mol. The first kappa shape index (κ1) is 15.5. The van der Waals surface area contributed by atoms with Crippen LogP contribution in [0.2, 0.25) is 0 Å².